The van der Waals surface area contributed by atoms with Crippen molar-refractivity contribution in [1.82, 2.24) is 20.4 Å². The van der Waals surface area contributed by atoms with Crippen LogP contribution in [0.5, 0.6) is 5.75 Å². The molecule has 7 nitrogen and oxygen atoms in total. The molecule has 2 aromatic carbocycles. The van der Waals surface area contributed by atoms with Crippen LogP contribution in [0.3, 0.4) is 0 Å². The van der Waals surface area contributed by atoms with E-state index in [0.29, 0.717) is 37.1 Å². The number of hydrogen-bond acceptors (Lipinski definition) is 5. The summed E-state index contributed by atoms with van der Waals surface area (Å²) in [4.78, 5) is 13.0. The summed E-state index contributed by atoms with van der Waals surface area (Å²) >= 11 is 0. The zero-order valence-corrected chi connectivity index (χ0v) is 24.0. The van der Waals surface area contributed by atoms with Gasteiger partial charge in [-0.3, -0.25) is 9.89 Å². The average Bonchev–Trinajstić information content (AvgIpc) is 3.31. The summed E-state index contributed by atoms with van der Waals surface area (Å²) in [7, 11) is 3.36. The van der Waals surface area contributed by atoms with Gasteiger partial charge in [-0.2, -0.15) is 5.10 Å². The number of nitrogens with zero attached hydrogens (tertiary/aromatic N) is 2. The lowest BCUT2D eigenvalue weighted by Gasteiger charge is -2.43. The molecule has 214 valence electrons. The maximum absolute atomic E-state index is 15.8. The van der Waals surface area contributed by atoms with Crippen LogP contribution >= 0.6 is 0 Å². The Morgan fingerprint density at radius 3 is 2.45 bits per heavy atom. The van der Waals surface area contributed by atoms with E-state index in [1.165, 1.54) is 23.1 Å². The first-order valence-electron chi connectivity index (χ1n) is 13.4. The Bertz CT molecular complexity index is 1400. The molecule has 0 saturated carbocycles. The van der Waals surface area contributed by atoms with Crippen LogP contribution < -0.4 is 10.1 Å². The van der Waals surface area contributed by atoms with Gasteiger partial charge in [-0.15, -0.1) is 0 Å². The van der Waals surface area contributed by atoms with Crippen molar-refractivity contribution in [1.29, 1.82) is 0 Å². The van der Waals surface area contributed by atoms with Gasteiger partial charge in [-0.1, -0.05) is 17.7 Å². The van der Waals surface area contributed by atoms with Crippen molar-refractivity contribution in [2.24, 2.45) is 0 Å². The standard InChI is InChI=1S/C31H38F2N4O3/c1-30(2)17-22(18-31(3,4)40-30)28(20-9-10-26-21(14-20)19-35-36-26)29-24(32)15-23(16-25(29)33)39-13-12-34-11-7-8-27(38)37(5)6/h7-10,14-16,19,34H,11-13,17-18H2,1-6H3,(H,35,36)/b8-7+. The van der Waals surface area contributed by atoms with E-state index in [0.717, 1.165) is 16.5 Å². The predicted molar refractivity (Wildman–Crippen MR) is 153 cm³/mol. The van der Waals surface area contributed by atoms with E-state index < -0.39 is 22.8 Å². The molecule has 0 bridgehead atoms. The summed E-state index contributed by atoms with van der Waals surface area (Å²) in [5.74, 6) is -1.37. The molecule has 0 aliphatic carbocycles. The number of rotatable bonds is 9. The molecule has 3 aromatic rings. The average molecular weight is 553 g/mol. The lowest BCUT2D eigenvalue weighted by Crippen LogP contribution is -2.42. The van der Waals surface area contributed by atoms with E-state index in [1.54, 1.807) is 26.4 Å². The third-order valence-electron chi connectivity index (χ3n) is 6.69. The van der Waals surface area contributed by atoms with Gasteiger partial charge in [0.05, 0.1) is 28.5 Å². The second kappa shape index (κ2) is 11.9. The van der Waals surface area contributed by atoms with E-state index in [1.807, 2.05) is 45.9 Å². The number of fused-ring (bicyclic) bond motifs is 1. The molecule has 0 radical (unpaired) electrons. The molecule has 1 aromatic heterocycles. The molecule has 1 aliphatic heterocycles. The van der Waals surface area contributed by atoms with E-state index in [-0.39, 0.29) is 23.8 Å². The Labute approximate surface area is 234 Å². The Morgan fingerprint density at radius 1 is 1.12 bits per heavy atom. The lowest BCUT2D eigenvalue weighted by molar-refractivity contribution is -0.138. The molecule has 40 heavy (non-hydrogen) atoms. The molecule has 9 heteroatoms. The summed E-state index contributed by atoms with van der Waals surface area (Å²) in [5.41, 5.74) is 1.95. The maximum atomic E-state index is 15.8. The molecule has 1 aliphatic rings. The number of likely N-dealkylation sites (N-methyl/N-ethyl adjacent to an activating group) is 1. The number of aromatic amines is 1. The molecule has 2 N–H and O–H groups in total. The van der Waals surface area contributed by atoms with Crippen LogP contribution in [0.1, 0.15) is 51.7 Å². The number of hydrogen-bond donors (Lipinski definition) is 2. The van der Waals surface area contributed by atoms with Crippen molar-refractivity contribution in [3.8, 4) is 5.75 Å². The summed E-state index contributed by atoms with van der Waals surface area (Å²) in [6.07, 6.45) is 5.96. The number of H-pyrrole nitrogens is 1. The normalized spacial score (nSPS) is 16.4. The summed E-state index contributed by atoms with van der Waals surface area (Å²) in [5, 5.41) is 11.0. The Hall–Kier alpha value is -3.56. The fourth-order valence-corrected chi connectivity index (χ4v) is 5.32. The second-order valence-electron chi connectivity index (χ2n) is 11.6. The van der Waals surface area contributed by atoms with E-state index in [9.17, 15) is 4.79 Å². The molecular formula is C31H38F2N4O3. The van der Waals surface area contributed by atoms with Crippen molar-refractivity contribution >= 4 is 22.4 Å². The minimum absolute atomic E-state index is 0.0764. The smallest absolute Gasteiger partial charge is 0.245 e. The number of halogens is 2. The molecule has 0 spiro atoms. The lowest BCUT2D eigenvalue weighted by atomic mass is 9.79. The quantitative estimate of drug-likeness (QED) is 0.266. The minimum atomic E-state index is -0.690. The molecule has 0 atom stereocenters. The van der Waals surface area contributed by atoms with Gasteiger partial charge in [-0.05, 0) is 63.8 Å². The van der Waals surface area contributed by atoms with Crippen molar-refractivity contribution in [3.05, 3.63) is 77.0 Å². The second-order valence-corrected chi connectivity index (χ2v) is 11.6. The SMILES string of the molecule is CN(C)C(=O)/C=C/CNCCOc1cc(F)c(C(=C2CC(C)(C)OC(C)(C)C2)c2ccc3[nH]ncc3c2)c(F)c1. The van der Waals surface area contributed by atoms with Gasteiger partial charge in [0.2, 0.25) is 5.91 Å². The summed E-state index contributed by atoms with van der Waals surface area (Å²) in [6, 6.07) is 8.13. The highest BCUT2D eigenvalue weighted by Gasteiger charge is 2.38. The van der Waals surface area contributed by atoms with Crippen molar-refractivity contribution in [3.63, 3.8) is 0 Å². The van der Waals surface area contributed by atoms with Crippen LogP contribution in [-0.2, 0) is 9.53 Å². The van der Waals surface area contributed by atoms with Gasteiger partial charge in [0.25, 0.3) is 0 Å². The zero-order valence-electron chi connectivity index (χ0n) is 24.0. The largest absolute Gasteiger partial charge is 0.492 e. The Kier molecular flexibility index (Phi) is 8.75. The van der Waals surface area contributed by atoms with Gasteiger partial charge in [-0.25, -0.2) is 8.78 Å². The van der Waals surface area contributed by atoms with Crippen molar-refractivity contribution in [2.75, 3.05) is 33.8 Å². The number of benzene rings is 2. The van der Waals surface area contributed by atoms with Crippen molar-refractivity contribution in [2.45, 2.75) is 51.7 Å². The molecule has 4 rings (SSSR count). The highest BCUT2D eigenvalue weighted by molar-refractivity contribution is 5.89. The number of amides is 1. The molecular weight excluding hydrogens is 514 g/mol. The maximum Gasteiger partial charge on any atom is 0.245 e. The van der Waals surface area contributed by atoms with Gasteiger partial charge < -0.3 is 19.7 Å². The highest BCUT2D eigenvalue weighted by atomic mass is 19.1. The van der Waals surface area contributed by atoms with Crippen LogP contribution in [0.4, 0.5) is 8.78 Å². The third-order valence-corrected chi connectivity index (χ3v) is 6.69. The molecule has 1 saturated heterocycles. The number of carbonyl (C=O) groups excluding carboxylic acids is 1. The Morgan fingerprint density at radius 2 is 1.80 bits per heavy atom. The van der Waals surface area contributed by atoms with Gasteiger partial charge in [0.1, 0.15) is 24.0 Å². The summed E-state index contributed by atoms with van der Waals surface area (Å²) in [6.45, 7) is 9.11. The van der Waals surface area contributed by atoms with Gasteiger partial charge in [0.15, 0.2) is 0 Å². The first-order valence-corrected chi connectivity index (χ1v) is 13.4. The monoisotopic (exact) mass is 552 g/mol. The minimum Gasteiger partial charge on any atom is -0.492 e. The number of ether oxygens (including phenoxy) is 2. The van der Waals surface area contributed by atoms with Crippen LogP contribution in [0.2, 0.25) is 0 Å². The van der Waals surface area contributed by atoms with E-state index in [4.69, 9.17) is 9.47 Å². The highest BCUT2D eigenvalue weighted by Crippen LogP contribution is 2.44. The van der Waals surface area contributed by atoms with Crippen LogP contribution in [0.25, 0.3) is 16.5 Å². The Balaban J connectivity index is 1.60. The van der Waals surface area contributed by atoms with Crippen LogP contribution in [0.15, 0.2) is 54.3 Å². The topological polar surface area (TPSA) is 79.5 Å². The zero-order chi connectivity index (χ0) is 29.1. The van der Waals surface area contributed by atoms with Crippen LogP contribution in [-0.4, -0.2) is 66.0 Å². The van der Waals surface area contributed by atoms with Crippen LogP contribution in [0, 0.1) is 11.6 Å². The molecule has 1 fully saturated rings. The summed E-state index contributed by atoms with van der Waals surface area (Å²) < 4.78 is 43.5. The third kappa shape index (κ3) is 7.14. The molecule has 1 amide bonds. The van der Waals surface area contributed by atoms with Gasteiger partial charge in [0, 0.05) is 50.8 Å². The van der Waals surface area contributed by atoms with E-state index >= 15 is 8.78 Å². The fraction of sp³-hybridized carbons (Fsp3) is 0.419. The first kappa shape index (κ1) is 29.4. The first-order chi connectivity index (χ1) is 18.8. The molecule has 0 unspecified atom stereocenters. The predicted octanol–water partition coefficient (Wildman–Crippen LogP) is 5.62. The molecule has 2 heterocycles. The number of nitrogens with one attached hydrogen (secondary N) is 2. The van der Waals surface area contributed by atoms with E-state index in [2.05, 4.69) is 15.5 Å². The van der Waals surface area contributed by atoms with Gasteiger partial charge >= 0.3 is 0 Å². The van der Waals surface area contributed by atoms with Crippen molar-refractivity contribution < 1.29 is 23.0 Å². The number of carbonyl (C=O) groups is 1. The number of aromatic nitrogens is 2. The fourth-order valence-electron chi connectivity index (χ4n) is 5.32.